The van der Waals surface area contributed by atoms with E-state index >= 15 is 0 Å². The number of rotatable bonds is 2. The number of carbonyl (C=O) groups is 1. The van der Waals surface area contributed by atoms with Crippen LogP contribution in [0.4, 0.5) is 13.6 Å². The van der Waals surface area contributed by atoms with Crippen molar-refractivity contribution >= 4 is 6.09 Å². The van der Waals surface area contributed by atoms with Crippen LogP contribution in [0.15, 0.2) is 18.2 Å². The fourth-order valence-electron chi connectivity index (χ4n) is 3.49. The van der Waals surface area contributed by atoms with Crippen LogP contribution in [0.1, 0.15) is 45.3 Å². The first-order chi connectivity index (χ1) is 12.6. The number of amides is 1. The number of carbonyl (C=O) groups excluding carboxylic acids is 1. The molecule has 0 aromatic heterocycles. The molecule has 1 aromatic carbocycles. The summed E-state index contributed by atoms with van der Waals surface area (Å²) < 4.78 is 43.8. The van der Waals surface area contributed by atoms with E-state index in [4.69, 9.17) is 14.2 Å². The van der Waals surface area contributed by atoms with E-state index in [1.54, 1.807) is 20.8 Å². The summed E-state index contributed by atoms with van der Waals surface area (Å²) in [6, 6.07) is 2.42. The Labute approximate surface area is 157 Å². The molecule has 27 heavy (non-hydrogen) atoms. The maximum Gasteiger partial charge on any atom is 0.410 e. The largest absolute Gasteiger partial charge is 0.444 e. The van der Waals surface area contributed by atoms with Gasteiger partial charge in [-0.3, -0.25) is 0 Å². The highest BCUT2D eigenvalue weighted by Crippen LogP contribution is 2.39. The van der Waals surface area contributed by atoms with Gasteiger partial charge in [0.1, 0.15) is 5.60 Å². The zero-order valence-corrected chi connectivity index (χ0v) is 15.7. The summed E-state index contributed by atoms with van der Waals surface area (Å²) in [5.74, 6) is -2.95. The lowest BCUT2D eigenvalue weighted by molar-refractivity contribution is -0.202. The number of aliphatic hydroxyl groups excluding tert-OH is 1. The van der Waals surface area contributed by atoms with E-state index in [0.29, 0.717) is 19.6 Å². The first-order valence-electron chi connectivity index (χ1n) is 9.01. The van der Waals surface area contributed by atoms with Gasteiger partial charge >= 0.3 is 6.09 Å². The van der Waals surface area contributed by atoms with Crippen molar-refractivity contribution in [1.82, 2.24) is 4.90 Å². The molecule has 1 N–H and O–H groups in total. The zero-order valence-electron chi connectivity index (χ0n) is 15.7. The topological polar surface area (TPSA) is 68.2 Å². The smallest absolute Gasteiger partial charge is 0.410 e. The molecule has 0 aliphatic carbocycles. The van der Waals surface area contributed by atoms with Gasteiger partial charge < -0.3 is 24.2 Å². The lowest BCUT2D eigenvalue weighted by Gasteiger charge is -2.45. The molecule has 3 rings (SSSR count). The van der Waals surface area contributed by atoms with Gasteiger partial charge in [0.05, 0.1) is 25.4 Å². The second kappa shape index (κ2) is 7.33. The van der Waals surface area contributed by atoms with Gasteiger partial charge in [-0.15, -0.1) is 0 Å². The number of halogens is 2. The molecule has 0 bridgehead atoms. The number of piperidine rings is 1. The van der Waals surface area contributed by atoms with Crippen LogP contribution in [0.25, 0.3) is 0 Å². The first-order valence-corrected chi connectivity index (χ1v) is 9.01. The minimum absolute atomic E-state index is 0.169. The second-order valence-electron chi connectivity index (χ2n) is 7.92. The zero-order chi connectivity index (χ0) is 19.8. The SMILES string of the molecule is CC(C)(C)OC(=O)N1CCC2(CC1C(O)c1ccc(F)c(F)c1)OCCO2. The van der Waals surface area contributed by atoms with Crippen LogP contribution in [-0.2, 0) is 14.2 Å². The highest BCUT2D eigenvalue weighted by atomic mass is 19.2. The third-order valence-corrected chi connectivity index (χ3v) is 4.75. The van der Waals surface area contributed by atoms with Crippen molar-refractivity contribution in [3.05, 3.63) is 35.4 Å². The molecule has 1 amide bonds. The standard InChI is InChI=1S/C19H25F2NO5/c1-18(2,3)27-17(24)22-7-6-19(25-8-9-26-19)11-15(22)16(23)12-4-5-13(20)14(21)10-12/h4-5,10,15-16,23H,6-9,11H2,1-3H3. The normalized spacial score (nSPS) is 23.5. The van der Waals surface area contributed by atoms with Crippen molar-refractivity contribution in [3.63, 3.8) is 0 Å². The van der Waals surface area contributed by atoms with Crippen molar-refractivity contribution < 1.29 is 32.9 Å². The lowest BCUT2D eigenvalue weighted by atomic mass is 9.89. The molecule has 2 aliphatic rings. The van der Waals surface area contributed by atoms with Crippen molar-refractivity contribution in [3.8, 4) is 0 Å². The first kappa shape index (κ1) is 20.0. The highest BCUT2D eigenvalue weighted by Gasteiger charge is 2.48. The van der Waals surface area contributed by atoms with E-state index < -0.39 is 41.3 Å². The van der Waals surface area contributed by atoms with Gasteiger partial charge in [0.25, 0.3) is 0 Å². The molecule has 0 radical (unpaired) electrons. The van der Waals surface area contributed by atoms with Crippen LogP contribution in [-0.4, -0.2) is 53.3 Å². The van der Waals surface area contributed by atoms with Gasteiger partial charge in [0.15, 0.2) is 17.4 Å². The van der Waals surface area contributed by atoms with Gasteiger partial charge in [0, 0.05) is 19.4 Å². The van der Waals surface area contributed by atoms with Gasteiger partial charge in [-0.05, 0) is 38.5 Å². The number of aliphatic hydroxyl groups is 1. The number of ether oxygens (including phenoxy) is 3. The quantitative estimate of drug-likeness (QED) is 0.847. The van der Waals surface area contributed by atoms with E-state index in [-0.39, 0.29) is 18.5 Å². The average molecular weight is 385 g/mol. The number of likely N-dealkylation sites (tertiary alicyclic amines) is 1. The monoisotopic (exact) mass is 385 g/mol. The summed E-state index contributed by atoms with van der Waals surface area (Å²) in [4.78, 5) is 14.1. The molecule has 8 heteroatoms. The van der Waals surface area contributed by atoms with E-state index in [1.165, 1.54) is 11.0 Å². The van der Waals surface area contributed by atoms with E-state index in [1.807, 2.05) is 0 Å². The molecule has 2 heterocycles. The van der Waals surface area contributed by atoms with Crippen molar-refractivity contribution in [2.75, 3.05) is 19.8 Å². The highest BCUT2D eigenvalue weighted by molar-refractivity contribution is 5.69. The molecule has 2 atom stereocenters. The summed E-state index contributed by atoms with van der Waals surface area (Å²) in [6.07, 6.45) is -1.20. The molecule has 2 aliphatic heterocycles. The van der Waals surface area contributed by atoms with Crippen LogP contribution < -0.4 is 0 Å². The number of hydrogen-bond acceptors (Lipinski definition) is 5. The molecule has 2 saturated heterocycles. The third-order valence-electron chi connectivity index (χ3n) is 4.75. The Hall–Kier alpha value is -1.77. The van der Waals surface area contributed by atoms with Gasteiger partial charge in [-0.1, -0.05) is 6.07 Å². The van der Waals surface area contributed by atoms with Crippen LogP contribution in [0.3, 0.4) is 0 Å². The summed E-state index contributed by atoms with van der Waals surface area (Å²) >= 11 is 0. The second-order valence-corrected chi connectivity index (χ2v) is 7.92. The van der Waals surface area contributed by atoms with Crippen LogP contribution in [0.2, 0.25) is 0 Å². The number of nitrogens with zero attached hydrogens (tertiary/aromatic N) is 1. The molecule has 6 nitrogen and oxygen atoms in total. The Kier molecular flexibility index (Phi) is 5.42. The van der Waals surface area contributed by atoms with Crippen LogP contribution >= 0.6 is 0 Å². The van der Waals surface area contributed by atoms with Crippen molar-refractivity contribution in [1.29, 1.82) is 0 Å². The number of hydrogen-bond donors (Lipinski definition) is 1. The fourth-order valence-corrected chi connectivity index (χ4v) is 3.49. The Bertz CT molecular complexity index is 700. The van der Waals surface area contributed by atoms with Gasteiger partial charge in [-0.25, -0.2) is 13.6 Å². The molecular formula is C19H25F2NO5. The summed E-state index contributed by atoms with van der Waals surface area (Å²) in [6.45, 7) is 6.36. The Morgan fingerprint density at radius 3 is 2.56 bits per heavy atom. The minimum Gasteiger partial charge on any atom is -0.444 e. The van der Waals surface area contributed by atoms with Crippen molar-refractivity contribution in [2.45, 2.75) is 57.1 Å². The molecular weight excluding hydrogens is 360 g/mol. The predicted molar refractivity (Wildman–Crippen MR) is 91.9 cm³/mol. The average Bonchev–Trinajstić information content (AvgIpc) is 3.03. The van der Waals surface area contributed by atoms with Crippen LogP contribution in [0.5, 0.6) is 0 Å². The summed E-state index contributed by atoms with van der Waals surface area (Å²) in [7, 11) is 0. The molecule has 0 saturated carbocycles. The van der Waals surface area contributed by atoms with Gasteiger partial charge in [-0.2, -0.15) is 0 Å². The van der Waals surface area contributed by atoms with E-state index in [9.17, 15) is 18.7 Å². The van der Waals surface area contributed by atoms with Crippen molar-refractivity contribution in [2.24, 2.45) is 0 Å². The maximum absolute atomic E-state index is 13.6. The molecule has 1 spiro atoms. The summed E-state index contributed by atoms with van der Waals surface area (Å²) in [5.41, 5.74) is -0.535. The molecule has 2 fully saturated rings. The Morgan fingerprint density at radius 2 is 1.96 bits per heavy atom. The summed E-state index contributed by atoms with van der Waals surface area (Å²) in [5, 5.41) is 10.9. The number of benzene rings is 1. The molecule has 1 aromatic rings. The Morgan fingerprint density at radius 1 is 1.30 bits per heavy atom. The van der Waals surface area contributed by atoms with E-state index in [0.717, 1.165) is 12.1 Å². The maximum atomic E-state index is 13.6. The fraction of sp³-hybridized carbons (Fsp3) is 0.632. The van der Waals surface area contributed by atoms with E-state index in [2.05, 4.69) is 0 Å². The third kappa shape index (κ3) is 4.39. The van der Waals surface area contributed by atoms with Crippen LogP contribution in [0, 0.1) is 11.6 Å². The van der Waals surface area contributed by atoms with Gasteiger partial charge in [0.2, 0.25) is 0 Å². The Balaban J connectivity index is 1.88. The predicted octanol–water partition coefficient (Wildman–Crippen LogP) is 3.14. The molecule has 150 valence electrons. The lowest BCUT2D eigenvalue weighted by Crippen LogP contribution is -2.56. The minimum atomic E-state index is -1.25. The molecule has 2 unspecified atom stereocenters.